The van der Waals surface area contributed by atoms with Crippen molar-refractivity contribution in [3.63, 3.8) is 0 Å². The van der Waals surface area contributed by atoms with Gasteiger partial charge in [-0.05, 0) is 38.6 Å². The number of hydrazine groups is 1. The Morgan fingerprint density at radius 3 is 2.53 bits per heavy atom. The van der Waals surface area contributed by atoms with E-state index in [1.54, 1.807) is 11.8 Å². The number of hydrogen-bond acceptors (Lipinski definition) is 6. The molecule has 1 aliphatic heterocycles. The van der Waals surface area contributed by atoms with Gasteiger partial charge in [0.05, 0.1) is 10.9 Å². The van der Waals surface area contributed by atoms with Crippen LogP contribution >= 0.6 is 12.2 Å². The lowest BCUT2D eigenvalue weighted by Gasteiger charge is -2.34. The van der Waals surface area contributed by atoms with Crippen LogP contribution < -0.4 is 31.8 Å². The molecular formula is C25H36F2N6O4S. The van der Waals surface area contributed by atoms with Gasteiger partial charge in [-0.15, -0.1) is 0 Å². The van der Waals surface area contributed by atoms with E-state index in [4.69, 9.17) is 17.3 Å². The number of unbranched alkanes of at least 4 members (excludes halogenated alkanes) is 2. The van der Waals surface area contributed by atoms with Gasteiger partial charge in [0.2, 0.25) is 11.3 Å². The molecule has 1 atom stereocenters. The molecule has 13 heteroatoms. The Labute approximate surface area is 225 Å². The number of pyridine rings is 1. The predicted octanol–water partition coefficient (Wildman–Crippen LogP) is 2.49. The van der Waals surface area contributed by atoms with Crippen molar-refractivity contribution < 1.29 is 23.5 Å². The molecular weight excluding hydrogens is 518 g/mol. The van der Waals surface area contributed by atoms with E-state index >= 15 is 4.39 Å². The Hall–Kier alpha value is -3.32. The lowest BCUT2D eigenvalue weighted by Crippen LogP contribution is -2.49. The first-order chi connectivity index (χ1) is 18.0. The molecule has 0 radical (unpaired) electrons. The van der Waals surface area contributed by atoms with Gasteiger partial charge in [0, 0.05) is 51.9 Å². The van der Waals surface area contributed by atoms with Crippen molar-refractivity contribution in [2.24, 2.45) is 0 Å². The largest absolute Gasteiger partial charge is 0.477 e. The SMILES string of the molecule is CCCCCNC(=S)NNC(C)=O.CCn1cc(C(=O)O)c(=O)c2cc(F)c(N3CCNC(C)C3)c(F)c21. The minimum atomic E-state index is -1.42. The Kier molecular flexibility index (Phi) is 11.9. The summed E-state index contributed by atoms with van der Waals surface area (Å²) in [6.07, 6.45) is 4.58. The van der Waals surface area contributed by atoms with Crippen LogP contribution in [0.2, 0.25) is 0 Å². The summed E-state index contributed by atoms with van der Waals surface area (Å²) in [5, 5.41) is 15.5. The van der Waals surface area contributed by atoms with Crippen LogP contribution in [-0.2, 0) is 11.3 Å². The van der Waals surface area contributed by atoms with E-state index in [-0.39, 0.29) is 35.1 Å². The molecule has 0 aliphatic carbocycles. The van der Waals surface area contributed by atoms with Crippen molar-refractivity contribution in [1.29, 1.82) is 0 Å². The number of benzene rings is 1. The normalized spacial score (nSPS) is 14.9. The Morgan fingerprint density at radius 2 is 1.95 bits per heavy atom. The predicted molar refractivity (Wildman–Crippen MR) is 148 cm³/mol. The number of thiocarbonyl (C=S) groups is 1. The van der Waals surface area contributed by atoms with Gasteiger partial charge in [-0.25, -0.2) is 13.6 Å². The van der Waals surface area contributed by atoms with Gasteiger partial charge >= 0.3 is 5.97 Å². The minimum Gasteiger partial charge on any atom is -0.477 e. The van der Waals surface area contributed by atoms with Crippen LogP contribution in [0.25, 0.3) is 10.9 Å². The number of halogens is 2. The second-order valence-electron chi connectivity index (χ2n) is 8.95. The summed E-state index contributed by atoms with van der Waals surface area (Å²) < 4.78 is 31.2. The molecule has 210 valence electrons. The van der Waals surface area contributed by atoms with Crippen LogP contribution in [-0.4, -0.2) is 58.9 Å². The van der Waals surface area contributed by atoms with E-state index in [0.29, 0.717) is 24.7 Å². The second-order valence-corrected chi connectivity index (χ2v) is 9.36. The molecule has 1 saturated heterocycles. The highest BCUT2D eigenvalue weighted by molar-refractivity contribution is 7.80. The molecule has 2 aromatic rings. The van der Waals surface area contributed by atoms with Gasteiger partial charge < -0.3 is 25.2 Å². The zero-order valence-electron chi connectivity index (χ0n) is 22.1. The molecule has 1 unspecified atom stereocenters. The molecule has 1 aromatic heterocycles. The summed E-state index contributed by atoms with van der Waals surface area (Å²) in [4.78, 5) is 35.6. The van der Waals surface area contributed by atoms with Crippen molar-refractivity contribution >= 4 is 45.8 Å². The number of aromatic carboxylic acids is 1. The first-order valence-corrected chi connectivity index (χ1v) is 13.0. The third-order valence-corrected chi connectivity index (χ3v) is 6.15. The number of piperazine rings is 1. The van der Waals surface area contributed by atoms with Gasteiger partial charge in [0.25, 0.3) is 0 Å². The van der Waals surface area contributed by atoms with Crippen LogP contribution in [0.15, 0.2) is 17.1 Å². The van der Waals surface area contributed by atoms with Crippen molar-refractivity contribution in [2.75, 3.05) is 31.1 Å². The first-order valence-electron chi connectivity index (χ1n) is 12.6. The van der Waals surface area contributed by atoms with E-state index in [9.17, 15) is 18.8 Å². The Bertz CT molecular complexity index is 1220. The number of carbonyl (C=O) groups excluding carboxylic acids is 1. The summed E-state index contributed by atoms with van der Waals surface area (Å²) >= 11 is 4.89. The lowest BCUT2D eigenvalue weighted by atomic mass is 10.1. The molecule has 0 spiro atoms. The van der Waals surface area contributed by atoms with E-state index in [1.807, 2.05) is 6.92 Å². The topological polar surface area (TPSA) is 128 Å². The molecule has 5 N–H and O–H groups in total. The van der Waals surface area contributed by atoms with Gasteiger partial charge in [0.15, 0.2) is 10.9 Å². The van der Waals surface area contributed by atoms with Crippen LogP contribution in [0, 0.1) is 11.6 Å². The van der Waals surface area contributed by atoms with E-state index in [2.05, 4.69) is 28.4 Å². The number of anilines is 1. The average Bonchev–Trinajstić information content (AvgIpc) is 2.86. The van der Waals surface area contributed by atoms with Crippen LogP contribution in [0.4, 0.5) is 14.5 Å². The number of carbonyl (C=O) groups is 2. The standard InChI is InChI=1S/C17H19F2N3O3.C8H17N3OS/c1-3-21-8-11(17(24)25)16(23)10-6-12(18)15(13(19)14(10)21)22-5-4-20-9(2)7-22;1-3-4-5-6-9-8(13)11-10-7(2)12/h6,8-9,20H,3-5,7H2,1-2H3,(H,24,25);3-6H2,1-2H3,(H,10,12)(H2,9,11,13). The molecule has 38 heavy (non-hydrogen) atoms. The molecule has 1 amide bonds. The number of nitrogens with zero attached hydrogens (tertiary/aromatic N) is 2. The fourth-order valence-electron chi connectivity index (χ4n) is 4.07. The van der Waals surface area contributed by atoms with Gasteiger partial charge in [-0.3, -0.25) is 20.4 Å². The lowest BCUT2D eigenvalue weighted by molar-refractivity contribution is -0.119. The molecule has 1 fully saturated rings. The molecule has 2 heterocycles. The average molecular weight is 555 g/mol. The Balaban J connectivity index is 0.000000332. The zero-order valence-corrected chi connectivity index (χ0v) is 22.9. The highest BCUT2D eigenvalue weighted by atomic mass is 32.1. The molecule has 0 bridgehead atoms. The number of rotatable bonds is 7. The van der Waals surface area contributed by atoms with Gasteiger partial charge in [-0.2, -0.15) is 0 Å². The van der Waals surface area contributed by atoms with Crippen molar-refractivity contribution in [3.05, 3.63) is 39.7 Å². The maximum Gasteiger partial charge on any atom is 0.341 e. The number of carboxylic acid groups (broad SMARTS) is 1. The number of amides is 1. The highest BCUT2D eigenvalue weighted by Crippen LogP contribution is 2.30. The summed E-state index contributed by atoms with van der Waals surface area (Å²) in [6.45, 7) is 9.75. The maximum absolute atomic E-state index is 15.2. The molecule has 1 aromatic carbocycles. The van der Waals surface area contributed by atoms with E-state index in [0.717, 1.165) is 25.2 Å². The van der Waals surface area contributed by atoms with Crippen molar-refractivity contribution in [2.45, 2.75) is 59.5 Å². The van der Waals surface area contributed by atoms with Crippen LogP contribution in [0.3, 0.4) is 0 Å². The smallest absolute Gasteiger partial charge is 0.341 e. The summed E-state index contributed by atoms with van der Waals surface area (Å²) in [6, 6.07) is 1.02. The number of aromatic nitrogens is 1. The summed E-state index contributed by atoms with van der Waals surface area (Å²) in [5.41, 5.74) is 3.34. The second kappa shape index (κ2) is 14.6. The fraction of sp³-hybridized carbons (Fsp3) is 0.520. The summed E-state index contributed by atoms with van der Waals surface area (Å²) in [5.74, 6) is -3.27. The van der Waals surface area contributed by atoms with Crippen LogP contribution in [0.1, 0.15) is 57.3 Å². The quantitative estimate of drug-likeness (QED) is 0.199. The monoisotopic (exact) mass is 554 g/mol. The number of nitrogens with one attached hydrogen (secondary N) is 4. The summed E-state index contributed by atoms with van der Waals surface area (Å²) in [7, 11) is 0. The molecule has 0 saturated carbocycles. The number of carboxylic acids is 1. The molecule has 1 aliphatic rings. The zero-order chi connectivity index (χ0) is 28.4. The van der Waals surface area contributed by atoms with Crippen molar-refractivity contribution in [3.8, 4) is 0 Å². The Morgan fingerprint density at radius 1 is 1.24 bits per heavy atom. The number of hydrogen-bond donors (Lipinski definition) is 5. The molecule has 3 rings (SSSR count). The van der Waals surface area contributed by atoms with Gasteiger partial charge in [-0.1, -0.05) is 19.8 Å². The third kappa shape index (κ3) is 8.09. The van der Waals surface area contributed by atoms with Gasteiger partial charge in [0.1, 0.15) is 17.1 Å². The number of fused-ring (bicyclic) bond motifs is 1. The van der Waals surface area contributed by atoms with Crippen LogP contribution in [0.5, 0.6) is 0 Å². The molecule has 10 nitrogen and oxygen atoms in total. The van der Waals surface area contributed by atoms with E-state index in [1.165, 1.54) is 24.3 Å². The fourth-order valence-corrected chi connectivity index (χ4v) is 4.22. The van der Waals surface area contributed by atoms with Crippen molar-refractivity contribution in [1.82, 2.24) is 26.1 Å². The minimum absolute atomic E-state index is 0.0694. The highest BCUT2D eigenvalue weighted by Gasteiger charge is 2.26. The first kappa shape index (κ1) is 30.9. The number of aryl methyl sites for hydroxylation is 1. The third-order valence-electron chi connectivity index (χ3n) is 5.90. The van der Waals surface area contributed by atoms with E-state index < -0.39 is 28.6 Å². The maximum atomic E-state index is 15.2.